The van der Waals surface area contributed by atoms with Crippen LogP contribution in [0.1, 0.15) is 27.8 Å². The van der Waals surface area contributed by atoms with Crippen LogP contribution in [0, 0.1) is 20.8 Å². The Kier molecular flexibility index (Phi) is 6.07. The Morgan fingerprint density at radius 3 is 2.16 bits per heavy atom. The van der Waals surface area contributed by atoms with Crippen molar-refractivity contribution in [2.75, 3.05) is 17.4 Å². The Balaban J connectivity index is 1.68. The number of anilines is 1. The predicted octanol–water partition coefficient (Wildman–Crippen LogP) is 4.39. The fourth-order valence-electron chi connectivity index (χ4n) is 4.18. The minimum atomic E-state index is -3.91. The Morgan fingerprint density at radius 1 is 0.875 bits per heavy atom. The largest absolute Gasteiger partial charge is 0.336 e. The first kappa shape index (κ1) is 22.1. The third-order valence-electron chi connectivity index (χ3n) is 5.87. The molecule has 3 aromatic rings. The van der Waals surface area contributed by atoms with E-state index in [0.29, 0.717) is 18.8 Å². The summed E-state index contributed by atoms with van der Waals surface area (Å²) in [5.74, 6) is -0.200. The first-order valence-electron chi connectivity index (χ1n) is 10.8. The molecule has 0 N–H and O–H groups in total. The van der Waals surface area contributed by atoms with Gasteiger partial charge in [0.25, 0.3) is 10.0 Å². The second-order valence-electron chi connectivity index (χ2n) is 8.50. The average Bonchev–Trinajstić information content (AvgIpc) is 2.76. The first-order chi connectivity index (χ1) is 15.2. The van der Waals surface area contributed by atoms with Crippen molar-refractivity contribution in [3.8, 4) is 0 Å². The van der Waals surface area contributed by atoms with E-state index >= 15 is 0 Å². The lowest BCUT2D eigenvalue weighted by atomic mass is 10.00. The van der Waals surface area contributed by atoms with Crippen LogP contribution in [0.15, 0.2) is 71.6 Å². The van der Waals surface area contributed by atoms with Gasteiger partial charge in [0.2, 0.25) is 5.91 Å². The number of rotatable bonds is 5. The van der Waals surface area contributed by atoms with Gasteiger partial charge in [0.05, 0.1) is 10.6 Å². The van der Waals surface area contributed by atoms with E-state index in [1.807, 2.05) is 57.2 Å². The molecule has 1 heterocycles. The normalized spacial score (nSPS) is 13.5. The molecule has 1 aliphatic heterocycles. The number of carbonyl (C=O) groups excluding carboxylic acids is 1. The molecule has 0 saturated heterocycles. The number of aryl methyl sites for hydroxylation is 3. The lowest BCUT2D eigenvalue weighted by Gasteiger charge is -2.32. The van der Waals surface area contributed by atoms with Crippen molar-refractivity contribution in [1.29, 1.82) is 0 Å². The van der Waals surface area contributed by atoms with Crippen molar-refractivity contribution in [2.45, 2.75) is 38.6 Å². The zero-order valence-electron chi connectivity index (χ0n) is 18.7. The van der Waals surface area contributed by atoms with Gasteiger partial charge in [0.15, 0.2) is 0 Å². The van der Waals surface area contributed by atoms with Crippen molar-refractivity contribution < 1.29 is 13.2 Å². The minimum Gasteiger partial charge on any atom is -0.336 e. The fourth-order valence-corrected chi connectivity index (χ4v) is 5.58. The maximum Gasteiger partial charge on any atom is 0.264 e. The highest BCUT2D eigenvalue weighted by Gasteiger charge is 2.30. The molecule has 32 heavy (non-hydrogen) atoms. The predicted molar refractivity (Wildman–Crippen MR) is 127 cm³/mol. The highest BCUT2D eigenvalue weighted by Crippen LogP contribution is 2.27. The van der Waals surface area contributed by atoms with Crippen LogP contribution in [-0.2, 0) is 27.8 Å². The van der Waals surface area contributed by atoms with Gasteiger partial charge in [-0.15, -0.1) is 0 Å². The number of benzene rings is 3. The van der Waals surface area contributed by atoms with Gasteiger partial charge in [-0.2, -0.15) is 0 Å². The molecule has 166 valence electrons. The zero-order chi connectivity index (χ0) is 22.9. The third-order valence-corrected chi connectivity index (χ3v) is 7.65. The molecule has 0 bridgehead atoms. The quantitative estimate of drug-likeness (QED) is 0.582. The van der Waals surface area contributed by atoms with Crippen LogP contribution in [0.5, 0.6) is 0 Å². The van der Waals surface area contributed by atoms with Crippen LogP contribution >= 0.6 is 0 Å². The van der Waals surface area contributed by atoms with Gasteiger partial charge < -0.3 is 4.90 Å². The number of amides is 1. The van der Waals surface area contributed by atoms with E-state index in [0.717, 1.165) is 28.7 Å². The SMILES string of the molecule is Cc1ccc(S(=O)(=O)N(CC(=O)N2CCc3ccccc3C2)c2cc(C)cc(C)c2)cc1. The second kappa shape index (κ2) is 8.79. The number of carbonyl (C=O) groups is 1. The third kappa shape index (κ3) is 4.55. The number of hydrogen-bond acceptors (Lipinski definition) is 3. The van der Waals surface area contributed by atoms with Crippen LogP contribution in [0.4, 0.5) is 5.69 Å². The molecule has 0 atom stereocenters. The number of nitrogens with zero attached hydrogens (tertiary/aromatic N) is 2. The number of hydrogen-bond donors (Lipinski definition) is 0. The van der Waals surface area contributed by atoms with Crippen molar-refractivity contribution in [1.82, 2.24) is 4.90 Å². The molecule has 0 fully saturated rings. The molecule has 3 aromatic carbocycles. The summed E-state index contributed by atoms with van der Waals surface area (Å²) in [5, 5.41) is 0. The van der Waals surface area contributed by atoms with E-state index in [4.69, 9.17) is 0 Å². The van der Waals surface area contributed by atoms with Gasteiger partial charge >= 0.3 is 0 Å². The molecule has 0 aliphatic carbocycles. The lowest BCUT2D eigenvalue weighted by Crippen LogP contribution is -2.44. The van der Waals surface area contributed by atoms with Crippen LogP contribution in [0.3, 0.4) is 0 Å². The summed E-state index contributed by atoms with van der Waals surface area (Å²) in [7, 11) is -3.91. The van der Waals surface area contributed by atoms with Crippen molar-refractivity contribution in [3.63, 3.8) is 0 Å². The summed E-state index contributed by atoms with van der Waals surface area (Å²) in [6.07, 6.45) is 0.774. The van der Waals surface area contributed by atoms with Gasteiger partial charge in [-0.3, -0.25) is 9.10 Å². The van der Waals surface area contributed by atoms with Crippen molar-refractivity contribution in [3.05, 3.63) is 94.5 Å². The summed E-state index contributed by atoms with van der Waals surface area (Å²) < 4.78 is 28.5. The average molecular weight is 449 g/mol. The van der Waals surface area contributed by atoms with E-state index in [1.165, 1.54) is 9.87 Å². The van der Waals surface area contributed by atoms with Crippen LogP contribution in [0.25, 0.3) is 0 Å². The summed E-state index contributed by atoms with van der Waals surface area (Å²) in [6.45, 7) is 6.62. The molecule has 0 spiro atoms. The smallest absolute Gasteiger partial charge is 0.264 e. The molecule has 1 amide bonds. The summed E-state index contributed by atoms with van der Waals surface area (Å²) >= 11 is 0. The maximum atomic E-state index is 13.6. The van der Waals surface area contributed by atoms with Crippen LogP contribution < -0.4 is 4.31 Å². The van der Waals surface area contributed by atoms with Crippen molar-refractivity contribution in [2.24, 2.45) is 0 Å². The molecule has 0 aromatic heterocycles. The Bertz CT molecular complexity index is 1230. The molecule has 0 unspecified atom stereocenters. The van der Waals surface area contributed by atoms with E-state index in [1.54, 1.807) is 29.2 Å². The zero-order valence-corrected chi connectivity index (χ0v) is 19.5. The fraction of sp³-hybridized carbons (Fsp3) is 0.269. The topological polar surface area (TPSA) is 57.7 Å². The molecule has 6 heteroatoms. The van der Waals surface area contributed by atoms with E-state index in [9.17, 15) is 13.2 Å². The van der Waals surface area contributed by atoms with Gasteiger partial charge in [0, 0.05) is 13.1 Å². The van der Waals surface area contributed by atoms with Gasteiger partial charge in [-0.25, -0.2) is 8.42 Å². The van der Waals surface area contributed by atoms with Crippen LogP contribution in [0.2, 0.25) is 0 Å². The molecule has 1 aliphatic rings. The van der Waals surface area contributed by atoms with E-state index < -0.39 is 10.0 Å². The number of sulfonamides is 1. The summed E-state index contributed by atoms with van der Waals surface area (Å²) in [6, 6.07) is 20.5. The van der Waals surface area contributed by atoms with Crippen LogP contribution in [-0.4, -0.2) is 32.3 Å². The second-order valence-corrected chi connectivity index (χ2v) is 10.4. The maximum absolute atomic E-state index is 13.6. The molecular formula is C26H28N2O3S. The Hall–Kier alpha value is -3.12. The van der Waals surface area contributed by atoms with E-state index in [-0.39, 0.29) is 17.3 Å². The molecule has 0 radical (unpaired) electrons. The highest BCUT2D eigenvalue weighted by atomic mass is 32.2. The van der Waals surface area contributed by atoms with E-state index in [2.05, 4.69) is 6.07 Å². The van der Waals surface area contributed by atoms with Crippen molar-refractivity contribution >= 4 is 21.6 Å². The number of fused-ring (bicyclic) bond motifs is 1. The monoisotopic (exact) mass is 448 g/mol. The van der Waals surface area contributed by atoms with Gasteiger partial charge in [-0.1, -0.05) is 48.0 Å². The standard InChI is InChI=1S/C26H28N2O3S/c1-19-8-10-25(11-9-19)32(30,31)28(24-15-20(2)14-21(3)16-24)18-26(29)27-13-12-22-6-4-5-7-23(22)17-27/h4-11,14-16H,12-13,17-18H2,1-3H3. The molecule has 4 rings (SSSR count). The lowest BCUT2D eigenvalue weighted by molar-refractivity contribution is -0.130. The molecule has 5 nitrogen and oxygen atoms in total. The molecule has 0 saturated carbocycles. The van der Waals surface area contributed by atoms with Gasteiger partial charge in [-0.05, 0) is 73.7 Å². The summed E-state index contributed by atoms with van der Waals surface area (Å²) in [4.78, 5) is 15.2. The Labute approximate surface area is 190 Å². The molecular weight excluding hydrogens is 420 g/mol. The Morgan fingerprint density at radius 2 is 1.50 bits per heavy atom. The minimum absolute atomic E-state index is 0.180. The first-order valence-corrected chi connectivity index (χ1v) is 12.2. The summed E-state index contributed by atoms with van der Waals surface area (Å²) in [5.41, 5.74) is 5.74. The van der Waals surface area contributed by atoms with Gasteiger partial charge in [0.1, 0.15) is 6.54 Å². The highest BCUT2D eigenvalue weighted by molar-refractivity contribution is 7.92.